The molecule has 0 saturated heterocycles. The van der Waals surface area contributed by atoms with Gasteiger partial charge in [-0.3, -0.25) is 4.98 Å². The molecule has 0 amide bonds. The fraction of sp³-hybridized carbons (Fsp3) is 0.200. The minimum Gasteiger partial charge on any atom is -0.308 e. The second-order valence-electron chi connectivity index (χ2n) is 4.45. The van der Waals surface area contributed by atoms with E-state index in [1.165, 1.54) is 15.8 Å². The van der Waals surface area contributed by atoms with E-state index in [2.05, 4.69) is 40.4 Å². The van der Waals surface area contributed by atoms with E-state index in [0.717, 1.165) is 24.3 Å². The van der Waals surface area contributed by atoms with Gasteiger partial charge in [-0.25, -0.2) is 4.98 Å². The number of aryl methyl sites for hydroxylation is 1. The van der Waals surface area contributed by atoms with Crippen molar-refractivity contribution < 1.29 is 0 Å². The summed E-state index contributed by atoms with van der Waals surface area (Å²) in [6, 6.07) is 10.3. The average Bonchev–Trinajstić information content (AvgIpc) is 2.85. The standard InChI is InChI=1S/C15H15N3S/c1-11-15(19-10-18-11)9-16-8-12-6-7-17-14-5-3-2-4-13(12)14/h2-7,10,16H,8-9H2,1H3. The molecule has 0 aliphatic rings. The van der Waals surface area contributed by atoms with Crippen LogP contribution in [0.4, 0.5) is 0 Å². The smallest absolute Gasteiger partial charge is 0.0798 e. The maximum Gasteiger partial charge on any atom is 0.0798 e. The molecule has 0 bridgehead atoms. The van der Waals surface area contributed by atoms with Gasteiger partial charge in [-0.2, -0.15) is 0 Å². The van der Waals surface area contributed by atoms with E-state index in [1.54, 1.807) is 11.3 Å². The molecular formula is C15H15N3S. The van der Waals surface area contributed by atoms with E-state index >= 15 is 0 Å². The zero-order valence-electron chi connectivity index (χ0n) is 10.8. The van der Waals surface area contributed by atoms with Gasteiger partial charge in [-0.1, -0.05) is 18.2 Å². The molecule has 0 atom stereocenters. The molecule has 1 aromatic carbocycles. The van der Waals surface area contributed by atoms with E-state index in [9.17, 15) is 0 Å². The Morgan fingerprint density at radius 1 is 1.11 bits per heavy atom. The lowest BCUT2D eigenvalue weighted by atomic mass is 10.1. The van der Waals surface area contributed by atoms with Crippen molar-refractivity contribution >= 4 is 22.2 Å². The van der Waals surface area contributed by atoms with Crippen molar-refractivity contribution in [2.24, 2.45) is 0 Å². The molecular weight excluding hydrogens is 254 g/mol. The topological polar surface area (TPSA) is 37.8 Å². The van der Waals surface area contributed by atoms with Gasteiger partial charge in [-0.15, -0.1) is 11.3 Å². The van der Waals surface area contributed by atoms with Crippen LogP contribution in [-0.2, 0) is 13.1 Å². The molecule has 0 aliphatic heterocycles. The Kier molecular flexibility index (Phi) is 3.53. The highest BCUT2D eigenvalue weighted by Gasteiger charge is 2.03. The predicted octanol–water partition coefficient (Wildman–Crippen LogP) is 3.29. The number of nitrogens with zero attached hydrogens (tertiary/aromatic N) is 2. The maximum absolute atomic E-state index is 4.38. The molecule has 0 fully saturated rings. The third-order valence-corrected chi connectivity index (χ3v) is 4.12. The van der Waals surface area contributed by atoms with Crippen LogP contribution in [-0.4, -0.2) is 9.97 Å². The molecule has 4 heteroatoms. The fourth-order valence-corrected chi connectivity index (χ4v) is 2.86. The van der Waals surface area contributed by atoms with Crippen LogP contribution in [0.1, 0.15) is 16.1 Å². The molecule has 0 saturated carbocycles. The normalized spacial score (nSPS) is 11.0. The highest BCUT2D eigenvalue weighted by atomic mass is 32.1. The van der Waals surface area contributed by atoms with Crippen molar-refractivity contribution in [3.8, 4) is 0 Å². The van der Waals surface area contributed by atoms with Gasteiger partial charge in [0.05, 0.1) is 16.7 Å². The molecule has 0 unspecified atom stereocenters. The first kappa shape index (κ1) is 12.3. The molecule has 2 aromatic heterocycles. The zero-order chi connectivity index (χ0) is 13.1. The lowest BCUT2D eigenvalue weighted by Crippen LogP contribution is -2.12. The summed E-state index contributed by atoms with van der Waals surface area (Å²) in [5.74, 6) is 0. The molecule has 3 nitrogen and oxygen atoms in total. The van der Waals surface area contributed by atoms with E-state index in [1.807, 2.05) is 23.8 Å². The second kappa shape index (κ2) is 5.47. The predicted molar refractivity (Wildman–Crippen MR) is 79.1 cm³/mol. The lowest BCUT2D eigenvalue weighted by molar-refractivity contribution is 0.700. The Morgan fingerprint density at radius 2 is 2.00 bits per heavy atom. The molecule has 19 heavy (non-hydrogen) atoms. The van der Waals surface area contributed by atoms with E-state index in [-0.39, 0.29) is 0 Å². The van der Waals surface area contributed by atoms with Gasteiger partial charge in [0, 0.05) is 29.5 Å². The Morgan fingerprint density at radius 3 is 2.84 bits per heavy atom. The van der Waals surface area contributed by atoms with Crippen LogP contribution in [0.2, 0.25) is 0 Å². The summed E-state index contributed by atoms with van der Waals surface area (Å²) in [7, 11) is 0. The zero-order valence-corrected chi connectivity index (χ0v) is 11.6. The first-order valence-corrected chi connectivity index (χ1v) is 7.15. The molecule has 0 radical (unpaired) electrons. The molecule has 0 aliphatic carbocycles. The van der Waals surface area contributed by atoms with Crippen molar-refractivity contribution in [3.05, 3.63) is 58.2 Å². The number of aromatic nitrogens is 2. The number of para-hydroxylation sites is 1. The minimum atomic E-state index is 0.848. The fourth-order valence-electron chi connectivity index (χ4n) is 2.12. The Labute approximate surface area is 116 Å². The summed E-state index contributed by atoms with van der Waals surface area (Å²) < 4.78 is 0. The summed E-state index contributed by atoms with van der Waals surface area (Å²) in [6.07, 6.45) is 1.87. The number of benzene rings is 1. The molecule has 96 valence electrons. The summed E-state index contributed by atoms with van der Waals surface area (Å²) in [4.78, 5) is 9.94. The van der Waals surface area contributed by atoms with Crippen LogP contribution >= 0.6 is 11.3 Å². The van der Waals surface area contributed by atoms with Gasteiger partial charge in [0.25, 0.3) is 0 Å². The van der Waals surface area contributed by atoms with Crippen LogP contribution in [0.3, 0.4) is 0 Å². The average molecular weight is 269 g/mol. The summed E-state index contributed by atoms with van der Waals surface area (Å²) in [5.41, 5.74) is 5.36. The number of hydrogen-bond acceptors (Lipinski definition) is 4. The molecule has 1 N–H and O–H groups in total. The first-order chi connectivity index (χ1) is 9.34. The van der Waals surface area contributed by atoms with E-state index < -0.39 is 0 Å². The number of rotatable bonds is 4. The molecule has 3 aromatic rings. The van der Waals surface area contributed by atoms with Gasteiger partial charge < -0.3 is 5.32 Å². The van der Waals surface area contributed by atoms with Crippen molar-refractivity contribution in [1.82, 2.24) is 15.3 Å². The highest BCUT2D eigenvalue weighted by Crippen LogP contribution is 2.16. The van der Waals surface area contributed by atoms with Crippen LogP contribution in [0, 0.1) is 6.92 Å². The number of fused-ring (bicyclic) bond motifs is 1. The van der Waals surface area contributed by atoms with Crippen molar-refractivity contribution in [2.75, 3.05) is 0 Å². The van der Waals surface area contributed by atoms with Crippen LogP contribution in [0.15, 0.2) is 42.0 Å². The van der Waals surface area contributed by atoms with Gasteiger partial charge in [0.15, 0.2) is 0 Å². The van der Waals surface area contributed by atoms with Crippen molar-refractivity contribution in [3.63, 3.8) is 0 Å². The van der Waals surface area contributed by atoms with Gasteiger partial charge in [0.2, 0.25) is 0 Å². The first-order valence-electron chi connectivity index (χ1n) is 6.27. The Hall–Kier alpha value is -1.78. The largest absolute Gasteiger partial charge is 0.308 e. The second-order valence-corrected chi connectivity index (χ2v) is 5.39. The van der Waals surface area contributed by atoms with Gasteiger partial charge >= 0.3 is 0 Å². The molecule has 2 heterocycles. The van der Waals surface area contributed by atoms with E-state index in [0.29, 0.717) is 0 Å². The number of nitrogens with one attached hydrogen (secondary N) is 1. The summed E-state index contributed by atoms with van der Waals surface area (Å²) in [6.45, 7) is 3.77. The minimum absolute atomic E-state index is 0.848. The van der Waals surface area contributed by atoms with Crippen molar-refractivity contribution in [2.45, 2.75) is 20.0 Å². The van der Waals surface area contributed by atoms with E-state index in [4.69, 9.17) is 0 Å². The SMILES string of the molecule is Cc1ncsc1CNCc1ccnc2ccccc12. The Balaban J connectivity index is 1.74. The summed E-state index contributed by atoms with van der Waals surface area (Å²) >= 11 is 1.70. The molecule has 3 rings (SSSR count). The van der Waals surface area contributed by atoms with Crippen LogP contribution in [0.25, 0.3) is 10.9 Å². The summed E-state index contributed by atoms with van der Waals surface area (Å²) in [5, 5.41) is 4.70. The monoisotopic (exact) mass is 269 g/mol. The highest BCUT2D eigenvalue weighted by molar-refractivity contribution is 7.09. The van der Waals surface area contributed by atoms with Crippen LogP contribution in [0.5, 0.6) is 0 Å². The molecule has 0 spiro atoms. The third kappa shape index (κ3) is 2.64. The van der Waals surface area contributed by atoms with Gasteiger partial charge in [0.1, 0.15) is 0 Å². The van der Waals surface area contributed by atoms with Crippen molar-refractivity contribution in [1.29, 1.82) is 0 Å². The maximum atomic E-state index is 4.38. The third-order valence-electron chi connectivity index (χ3n) is 3.19. The Bertz CT molecular complexity index is 685. The van der Waals surface area contributed by atoms with Crippen LogP contribution < -0.4 is 5.32 Å². The lowest BCUT2D eigenvalue weighted by Gasteiger charge is -2.07. The number of thiazole rings is 1. The number of pyridine rings is 1. The number of hydrogen-bond donors (Lipinski definition) is 1. The quantitative estimate of drug-likeness (QED) is 0.789. The van der Waals surface area contributed by atoms with Gasteiger partial charge in [-0.05, 0) is 24.6 Å².